The number of carbonyl (C=O) groups is 2. The lowest BCUT2D eigenvalue weighted by Gasteiger charge is -2.15. The second-order valence-electron chi connectivity index (χ2n) is 6.27. The molecule has 2 atom stereocenters. The molecule has 1 aliphatic rings. The highest BCUT2D eigenvalue weighted by Crippen LogP contribution is 2.39. The summed E-state index contributed by atoms with van der Waals surface area (Å²) < 4.78 is 15.6. The fourth-order valence-electron chi connectivity index (χ4n) is 2.67. The number of amides is 1. The van der Waals surface area contributed by atoms with Crippen LogP contribution < -0.4 is 14.8 Å². The Hall–Kier alpha value is -1.54. The minimum Gasteiger partial charge on any atom is -0.493 e. The molecule has 1 saturated heterocycles. The van der Waals surface area contributed by atoms with E-state index in [0.717, 1.165) is 24.5 Å². The smallest absolute Gasteiger partial charge is 0.306 e. The zero-order valence-corrected chi connectivity index (χ0v) is 17.6. The van der Waals surface area contributed by atoms with Crippen LogP contribution in [0.15, 0.2) is 18.2 Å². The SMILES string of the molecule is COc1ccc(NC(=O)[C@H](C)OC(=O)CCCC[C@H]2CCSS2)cc1OC. The van der Waals surface area contributed by atoms with Gasteiger partial charge in [0.2, 0.25) is 0 Å². The third-order valence-electron chi connectivity index (χ3n) is 4.21. The van der Waals surface area contributed by atoms with Crippen LogP contribution >= 0.6 is 21.6 Å². The molecular formula is C19H27NO5S2. The number of anilines is 1. The number of nitrogens with one attached hydrogen (secondary N) is 1. The van der Waals surface area contributed by atoms with Crippen LogP contribution in [0.3, 0.4) is 0 Å². The van der Waals surface area contributed by atoms with Gasteiger partial charge in [0, 0.05) is 29.2 Å². The minimum absolute atomic E-state index is 0.335. The summed E-state index contributed by atoms with van der Waals surface area (Å²) in [5.74, 6) is 1.60. The number of ether oxygens (including phenoxy) is 3. The minimum atomic E-state index is -0.854. The maximum atomic E-state index is 12.2. The van der Waals surface area contributed by atoms with E-state index in [1.165, 1.54) is 19.3 Å². The fraction of sp³-hybridized carbons (Fsp3) is 0.579. The molecule has 150 valence electrons. The zero-order valence-electron chi connectivity index (χ0n) is 16.0. The van der Waals surface area contributed by atoms with Gasteiger partial charge in [-0.1, -0.05) is 28.0 Å². The number of rotatable bonds is 10. The monoisotopic (exact) mass is 413 g/mol. The van der Waals surface area contributed by atoms with Crippen LogP contribution in [0.2, 0.25) is 0 Å². The van der Waals surface area contributed by atoms with Gasteiger partial charge in [-0.05, 0) is 38.3 Å². The Kier molecular flexibility index (Phi) is 9.14. The number of esters is 1. The van der Waals surface area contributed by atoms with E-state index in [4.69, 9.17) is 14.2 Å². The first-order valence-electron chi connectivity index (χ1n) is 9.04. The van der Waals surface area contributed by atoms with Gasteiger partial charge in [-0.15, -0.1) is 0 Å². The lowest BCUT2D eigenvalue weighted by molar-refractivity contribution is -0.153. The van der Waals surface area contributed by atoms with Crippen LogP contribution in [-0.4, -0.2) is 43.2 Å². The topological polar surface area (TPSA) is 73.9 Å². The molecule has 1 heterocycles. The summed E-state index contributed by atoms with van der Waals surface area (Å²) in [7, 11) is 6.95. The van der Waals surface area contributed by atoms with Crippen LogP contribution in [0.5, 0.6) is 11.5 Å². The van der Waals surface area contributed by atoms with Gasteiger partial charge in [0.25, 0.3) is 5.91 Å². The Morgan fingerprint density at radius 2 is 2.00 bits per heavy atom. The summed E-state index contributed by atoms with van der Waals surface area (Å²) in [6.07, 6.45) is 3.70. The molecule has 27 heavy (non-hydrogen) atoms. The molecule has 0 unspecified atom stereocenters. The van der Waals surface area contributed by atoms with Crippen molar-refractivity contribution >= 4 is 39.2 Å². The van der Waals surface area contributed by atoms with Gasteiger partial charge in [-0.25, -0.2) is 0 Å². The van der Waals surface area contributed by atoms with Gasteiger partial charge in [-0.3, -0.25) is 9.59 Å². The molecule has 8 heteroatoms. The molecule has 0 spiro atoms. The molecule has 0 aliphatic carbocycles. The Balaban J connectivity index is 1.71. The molecule has 6 nitrogen and oxygen atoms in total. The van der Waals surface area contributed by atoms with Gasteiger partial charge < -0.3 is 19.5 Å². The van der Waals surface area contributed by atoms with E-state index < -0.39 is 6.10 Å². The molecule has 0 saturated carbocycles. The highest BCUT2D eigenvalue weighted by Gasteiger charge is 2.19. The number of hydrogen-bond donors (Lipinski definition) is 1. The first-order valence-corrected chi connectivity index (χ1v) is 11.4. The van der Waals surface area contributed by atoms with Crippen molar-refractivity contribution in [2.24, 2.45) is 0 Å². The highest BCUT2D eigenvalue weighted by molar-refractivity contribution is 8.77. The molecular weight excluding hydrogens is 386 g/mol. The number of hydrogen-bond acceptors (Lipinski definition) is 7. The molecule has 1 aliphatic heterocycles. The van der Waals surface area contributed by atoms with Crippen LogP contribution in [0.4, 0.5) is 5.69 Å². The molecule has 2 rings (SSSR count). The number of unbranched alkanes of at least 4 members (excludes halogenated alkanes) is 1. The van der Waals surface area contributed by atoms with Crippen LogP contribution in [0.25, 0.3) is 0 Å². The fourth-order valence-corrected chi connectivity index (χ4v) is 5.70. The highest BCUT2D eigenvalue weighted by atomic mass is 33.1. The maximum absolute atomic E-state index is 12.2. The van der Waals surface area contributed by atoms with Crippen molar-refractivity contribution < 1.29 is 23.8 Å². The van der Waals surface area contributed by atoms with Crippen molar-refractivity contribution in [2.75, 3.05) is 25.3 Å². The van der Waals surface area contributed by atoms with E-state index in [0.29, 0.717) is 23.6 Å². The second kappa shape index (κ2) is 11.3. The quantitative estimate of drug-likeness (QED) is 0.348. The third kappa shape index (κ3) is 7.18. The molecule has 0 bridgehead atoms. The van der Waals surface area contributed by atoms with Crippen molar-refractivity contribution in [3.8, 4) is 11.5 Å². The van der Waals surface area contributed by atoms with Gasteiger partial charge in [-0.2, -0.15) is 0 Å². The van der Waals surface area contributed by atoms with E-state index in [9.17, 15) is 9.59 Å². The Labute approximate surface area is 168 Å². The average molecular weight is 414 g/mol. The van der Waals surface area contributed by atoms with E-state index in [1.54, 1.807) is 32.2 Å². The van der Waals surface area contributed by atoms with Gasteiger partial charge >= 0.3 is 5.97 Å². The van der Waals surface area contributed by atoms with Gasteiger partial charge in [0.15, 0.2) is 17.6 Å². The van der Waals surface area contributed by atoms with E-state index >= 15 is 0 Å². The van der Waals surface area contributed by atoms with Gasteiger partial charge in [0.1, 0.15) is 0 Å². The number of methoxy groups -OCH3 is 2. The normalized spacial score (nSPS) is 17.2. The lowest BCUT2D eigenvalue weighted by atomic mass is 10.1. The van der Waals surface area contributed by atoms with Crippen molar-refractivity contribution in [1.82, 2.24) is 0 Å². The van der Waals surface area contributed by atoms with Crippen molar-refractivity contribution in [3.63, 3.8) is 0 Å². The van der Waals surface area contributed by atoms with Crippen LogP contribution in [0.1, 0.15) is 39.0 Å². The first kappa shape index (κ1) is 21.8. The summed E-state index contributed by atoms with van der Waals surface area (Å²) in [6.45, 7) is 1.57. The maximum Gasteiger partial charge on any atom is 0.306 e. The predicted octanol–water partition coefficient (Wildman–Crippen LogP) is 4.29. The summed E-state index contributed by atoms with van der Waals surface area (Å²) in [6, 6.07) is 5.06. The Bertz CT molecular complexity index is 635. The van der Waals surface area contributed by atoms with Crippen LogP contribution in [-0.2, 0) is 14.3 Å². The summed E-state index contributed by atoms with van der Waals surface area (Å²) in [4.78, 5) is 24.2. The van der Waals surface area contributed by atoms with Gasteiger partial charge in [0.05, 0.1) is 14.2 Å². The Morgan fingerprint density at radius 3 is 2.67 bits per heavy atom. The van der Waals surface area contributed by atoms with Crippen LogP contribution in [0, 0.1) is 0 Å². The number of carbonyl (C=O) groups excluding carboxylic acids is 2. The average Bonchev–Trinajstić information content (AvgIpc) is 3.18. The predicted molar refractivity (Wildman–Crippen MR) is 111 cm³/mol. The molecule has 1 aromatic rings. The molecule has 0 radical (unpaired) electrons. The largest absolute Gasteiger partial charge is 0.493 e. The molecule has 1 aromatic carbocycles. The van der Waals surface area contributed by atoms with Crippen molar-refractivity contribution in [3.05, 3.63) is 18.2 Å². The lowest BCUT2D eigenvalue weighted by Crippen LogP contribution is -2.29. The molecule has 1 amide bonds. The first-order chi connectivity index (χ1) is 13.0. The zero-order chi connectivity index (χ0) is 19.6. The van der Waals surface area contributed by atoms with E-state index in [2.05, 4.69) is 5.32 Å². The number of benzene rings is 1. The molecule has 1 fully saturated rings. The second-order valence-corrected chi connectivity index (χ2v) is 9.05. The summed E-state index contributed by atoms with van der Waals surface area (Å²) >= 11 is 0. The standard InChI is InChI=1S/C19H27NO5S2/c1-13(25-18(21)7-5-4-6-15-10-11-26-27-15)19(22)20-14-8-9-16(23-2)17(12-14)24-3/h8-9,12-13,15H,4-7,10-11H2,1-3H3,(H,20,22)/t13-,15-/m0/s1. The summed E-state index contributed by atoms with van der Waals surface area (Å²) in [5.41, 5.74) is 0.549. The summed E-state index contributed by atoms with van der Waals surface area (Å²) in [5, 5.41) is 3.44. The van der Waals surface area contributed by atoms with Crippen molar-refractivity contribution in [1.29, 1.82) is 0 Å². The molecule has 0 aromatic heterocycles. The molecule has 1 N–H and O–H groups in total. The Morgan fingerprint density at radius 1 is 1.22 bits per heavy atom. The van der Waals surface area contributed by atoms with Crippen molar-refractivity contribution in [2.45, 2.75) is 50.4 Å². The van der Waals surface area contributed by atoms with E-state index in [-0.39, 0.29) is 11.9 Å². The van der Waals surface area contributed by atoms with E-state index in [1.807, 2.05) is 21.6 Å². The third-order valence-corrected chi connectivity index (χ3v) is 7.22.